The van der Waals surface area contributed by atoms with Gasteiger partial charge in [0, 0.05) is 18.0 Å². The van der Waals surface area contributed by atoms with Crippen LogP contribution < -0.4 is 5.73 Å². The van der Waals surface area contributed by atoms with Crippen molar-refractivity contribution in [2.24, 2.45) is 5.73 Å². The van der Waals surface area contributed by atoms with Crippen LogP contribution >= 0.6 is 0 Å². The van der Waals surface area contributed by atoms with Crippen molar-refractivity contribution in [3.05, 3.63) is 17.0 Å². The Hall–Kier alpha value is -1.36. The van der Waals surface area contributed by atoms with Gasteiger partial charge in [-0.1, -0.05) is 5.16 Å². The van der Waals surface area contributed by atoms with Crippen molar-refractivity contribution in [2.45, 2.75) is 46.1 Å². The number of rotatable bonds is 6. The minimum absolute atomic E-state index is 0.0730. The quantitative estimate of drug-likeness (QED) is 0.762. The lowest BCUT2D eigenvalue weighted by molar-refractivity contribution is -0.143. The fraction of sp³-hybridized carbons (Fsp3) is 0.667. The van der Waals surface area contributed by atoms with Crippen LogP contribution in [0.5, 0.6) is 0 Å². The van der Waals surface area contributed by atoms with Crippen LogP contribution in [0, 0.1) is 13.8 Å². The van der Waals surface area contributed by atoms with Gasteiger partial charge in [0.15, 0.2) is 0 Å². The normalized spacial score (nSPS) is 12.5. The van der Waals surface area contributed by atoms with Crippen LogP contribution in [0.4, 0.5) is 0 Å². The van der Waals surface area contributed by atoms with E-state index in [2.05, 4.69) is 5.16 Å². The summed E-state index contributed by atoms with van der Waals surface area (Å²) in [5.41, 5.74) is 7.88. The Morgan fingerprint density at radius 3 is 2.76 bits per heavy atom. The van der Waals surface area contributed by atoms with E-state index < -0.39 is 0 Å². The number of aromatic nitrogens is 1. The van der Waals surface area contributed by atoms with Crippen molar-refractivity contribution >= 4 is 5.97 Å². The Bertz CT molecular complexity index is 354. The summed E-state index contributed by atoms with van der Waals surface area (Å²) in [6.45, 7) is 5.97. The molecule has 1 aromatic rings. The molecule has 0 spiro atoms. The number of aryl methyl sites for hydroxylation is 2. The van der Waals surface area contributed by atoms with Crippen LogP contribution in [0.2, 0.25) is 0 Å². The van der Waals surface area contributed by atoms with E-state index in [1.807, 2.05) is 13.8 Å². The van der Waals surface area contributed by atoms with E-state index in [9.17, 15) is 4.79 Å². The molecule has 0 aliphatic carbocycles. The van der Waals surface area contributed by atoms with Crippen LogP contribution in [0.1, 0.15) is 36.8 Å². The van der Waals surface area contributed by atoms with E-state index in [1.165, 1.54) is 0 Å². The molecule has 0 aromatic carbocycles. The first-order valence-electron chi connectivity index (χ1n) is 5.87. The van der Waals surface area contributed by atoms with E-state index >= 15 is 0 Å². The number of nitrogens with two attached hydrogens (primary N) is 1. The topological polar surface area (TPSA) is 78.4 Å². The van der Waals surface area contributed by atoms with Gasteiger partial charge in [-0.25, -0.2) is 0 Å². The Morgan fingerprint density at radius 2 is 2.24 bits per heavy atom. The molecule has 0 aliphatic rings. The second-order valence-electron chi connectivity index (χ2n) is 4.11. The highest BCUT2D eigenvalue weighted by molar-refractivity contribution is 5.69. The average molecular weight is 240 g/mol. The van der Waals surface area contributed by atoms with Crippen LogP contribution in [-0.2, 0) is 16.0 Å². The molecule has 5 heteroatoms. The third-order valence-corrected chi connectivity index (χ3v) is 2.67. The number of hydrogen-bond donors (Lipinski definition) is 1. The first-order chi connectivity index (χ1) is 8.04. The minimum atomic E-state index is -0.193. The summed E-state index contributed by atoms with van der Waals surface area (Å²) in [5.74, 6) is 0.607. The van der Waals surface area contributed by atoms with Gasteiger partial charge in [-0.2, -0.15) is 0 Å². The molecule has 1 aromatic heterocycles. The smallest absolute Gasteiger partial charge is 0.305 e. The maximum atomic E-state index is 11.2. The summed E-state index contributed by atoms with van der Waals surface area (Å²) < 4.78 is 9.91. The van der Waals surface area contributed by atoms with Gasteiger partial charge in [-0.15, -0.1) is 0 Å². The fourth-order valence-corrected chi connectivity index (χ4v) is 1.69. The lowest BCUT2D eigenvalue weighted by Crippen LogP contribution is -2.24. The molecule has 0 bridgehead atoms. The zero-order valence-corrected chi connectivity index (χ0v) is 10.7. The summed E-state index contributed by atoms with van der Waals surface area (Å²) in [6.07, 6.45) is 1.65. The molecule has 0 aliphatic heterocycles. The molecule has 2 N–H and O–H groups in total. The van der Waals surface area contributed by atoms with Gasteiger partial charge >= 0.3 is 5.97 Å². The highest BCUT2D eigenvalue weighted by Crippen LogP contribution is 2.15. The predicted molar refractivity (Wildman–Crippen MR) is 63.5 cm³/mol. The molecule has 5 nitrogen and oxygen atoms in total. The highest BCUT2D eigenvalue weighted by atomic mass is 16.5. The van der Waals surface area contributed by atoms with Crippen LogP contribution in [0.25, 0.3) is 0 Å². The largest absolute Gasteiger partial charge is 0.466 e. The molecular formula is C12H20N2O3. The fourth-order valence-electron chi connectivity index (χ4n) is 1.69. The summed E-state index contributed by atoms with van der Waals surface area (Å²) in [5, 5.41) is 3.87. The Balaban J connectivity index is 2.40. The maximum absolute atomic E-state index is 11.2. The van der Waals surface area contributed by atoms with Gasteiger partial charge in [-0.05, 0) is 33.6 Å². The van der Waals surface area contributed by atoms with Crippen molar-refractivity contribution in [1.82, 2.24) is 5.16 Å². The molecule has 1 rings (SSSR count). The summed E-state index contributed by atoms with van der Waals surface area (Å²) in [7, 11) is 0. The van der Waals surface area contributed by atoms with E-state index in [4.69, 9.17) is 15.0 Å². The summed E-state index contributed by atoms with van der Waals surface area (Å²) in [6, 6.07) is -0.0730. The Labute approximate surface area is 101 Å². The molecule has 1 heterocycles. The second-order valence-corrected chi connectivity index (χ2v) is 4.11. The number of ether oxygens (including phenoxy) is 1. The van der Waals surface area contributed by atoms with E-state index in [0.717, 1.165) is 17.0 Å². The number of esters is 1. The van der Waals surface area contributed by atoms with Crippen molar-refractivity contribution < 1.29 is 14.1 Å². The Morgan fingerprint density at radius 1 is 1.53 bits per heavy atom. The molecule has 0 amide bonds. The van der Waals surface area contributed by atoms with Gasteiger partial charge in [-0.3, -0.25) is 4.79 Å². The lowest BCUT2D eigenvalue weighted by atomic mass is 10.0. The zero-order valence-electron chi connectivity index (χ0n) is 10.7. The summed E-state index contributed by atoms with van der Waals surface area (Å²) in [4.78, 5) is 11.2. The molecule has 17 heavy (non-hydrogen) atoms. The first kappa shape index (κ1) is 13.7. The lowest BCUT2D eigenvalue weighted by Gasteiger charge is -2.10. The molecule has 1 atom stereocenters. The molecule has 0 radical (unpaired) electrons. The zero-order chi connectivity index (χ0) is 12.8. The molecule has 96 valence electrons. The monoisotopic (exact) mass is 240 g/mol. The van der Waals surface area contributed by atoms with Gasteiger partial charge in [0.05, 0.1) is 12.3 Å². The van der Waals surface area contributed by atoms with Crippen LogP contribution in [-0.4, -0.2) is 23.8 Å². The molecule has 0 fully saturated rings. The number of nitrogens with zero attached hydrogens (tertiary/aromatic N) is 1. The predicted octanol–water partition coefficient (Wildman–Crippen LogP) is 1.50. The molecule has 0 saturated heterocycles. The summed E-state index contributed by atoms with van der Waals surface area (Å²) >= 11 is 0. The van der Waals surface area contributed by atoms with E-state index in [1.54, 1.807) is 6.92 Å². The van der Waals surface area contributed by atoms with E-state index in [0.29, 0.717) is 25.9 Å². The van der Waals surface area contributed by atoms with Crippen LogP contribution in [0.3, 0.4) is 0 Å². The Kier molecular flexibility index (Phi) is 5.15. The third-order valence-electron chi connectivity index (χ3n) is 2.67. The average Bonchev–Trinajstić information content (AvgIpc) is 2.58. The molecular weight excluding hydrogens is 220 g/mol. The van der Waals surface area contributed by atoms with Crippen molar-refractivity contribution in [3.8, 4) is 0 Å². The standard InChI is InChI=1S/C12H20N2O3/c1-4-16-12(15)6-5-10(13)7-11-8(2)14-17-9(11)3/h10H,4-7,13H2,1-3H3. The van der Waals surface area contributed by atoms with Gasteiger partial charge in [0.25, 0.3) is 0 Å². The second kappa shape index (κ2) is 6.39. The first-order valence-corrected chi connectivity index (χ1v) is 5.87. The van der Waals surface area contributed by atoms with Crippen molar-refractivity contribution in [2.75, 3.05) is 6.61 Å². The van der Waals surface area contributed by atoms with E-state index in [-0.39, 0.29) is 12.0 Å². The minimum Gasteiger partial charge on any atom is -0.466 e. The molecule has 1 unspecified atom stereocenters. The SMILES string of the molecule is CCOC(=O)CCC(N)Cc1c(C)noc1C. The number of carbonyl (C=O) groups excluding carboxylic acids is 1. The van der Waals surface area contributed by atoms with Gasteiger partial charge in [0.2, 0.25) is 0 Å². The third kappa shape index (κ3) is 4.19. The maximum Gasteiger partial charge on any atom is 0.305 e. The van der Waals surface area contributed by atoms with Crippen molar-refractivity contribution in [3.63, 3.8) is 0 Å². The van der Waals surface area contributed by atoms with Gasteiger partial charge < -0.3 is 15.0 Å². The van der Waals surface area contributed by atoms with Crippen LogP contribution in [0.15, 0.2) is 4.52 Å². The number of carbonyl (C=O) groups is 1. The van der Waals surface area contributed by atoms with Crippen molar-refractivity contribution in [1.29, 1.82) is 0 Å². The number of hydrogen-bond acceptors (Lipinski definition) is 5. The van der Waals surface area contributed by atoms with Gasteiger partial charge in [0.1, 0.15) is 5.76 Å². The molecule has 0 saturated carbocycles. The highest BCUT2D eigenvalue weighted by Gasteiger charge is 2.14.